The number of amides is 1. The number of nitrogens with one attached hydrogen (secondary N) is 1. The molecule has 1 amide bonds. The Morgan fingerprint density at radius 1 is 1.24 bits per heavy atom. The van der Waals surface area contributed by atoms with Crippen molar-refractivity contribution in [2.45, 2.75) is 76.9 Å². The number of hydrogen-bond donors (Lipinski definition) is 1. The average Bonchev–Trinajstić information content (AvgIpc) is 2.94. The fourth-order valence-corrected chi connectivity index (χ4v) is 3.37. The van der Waals surface area contributed by atoms with E-state index in [9.17, 15) is 4.79 Å². The Balaban J connectivity index is 1.81. The minimum atomic E-state index is 0.314. The van der Waals surface area contributed by atoms with Crippen LogP contribution < -0.4 is 5.32 Å². The molecule has 0 radical (unpaired) electrons. The average molecular weight is 238 g/mol. The van der Waals surface area contributed by atoms with Gasteiger partial charge in [-0.2, -0.15) is 0 Å². The summed E-state index contributed by atoms with van der Waals surface area (Å²) in [5, 5.41) is 3.43. The molecule has 98 valence electrons. The third kappa shape index (κ3) is 3.01. The van der Waals surface area contributed by atoms with Crippen LogP contribution in [0, 0.1) is 0 Å². The fourth-order valence-electron chi connectivity index (χ4n) is 3.37. The van der Waals surface area contributed by atoms with Crippen LogP contribution in [0.2, 0.25) is 0 Å². The van der Waals surface area contributed by atoms with Gasteiger partial charge in [0.15, 0.2) is 0 Å². The van der Waals surface area contributed by atoms with E-state index in [0.29, 0.717) is 30.6 Å². The van der Waals surface area contributed by atoms with E-state index in [1.165, 1.54) is 38.5 Å². The molecule has 2 unspecified atom stereocenters. The van der Waals surface area contributed by atoms with Crippen LogP contribution in [0.5, 0.6) is 0 Å². The summed E-state index contributed by atoms with van der Waals surface area (Å²) in [4.78, 5) is 14.4. The molecule has 0 spiro atoms. The molecule has 0 aromatic heterocycles. The predicted molar refractivity (Wildman–Crippen MR) is 69.9 cm³/mol. The first kappa shape index (κ1) is 12.9. The molecule has 1 saturated heterocycles. The highest BCUT2D eigenvalue weighted by Gasteiger charge is 2.32. The fraction of sp³-hybridized carbons (Fsp3) is 0.929. The zero-order chi connectivity index (χ0) is 12.3. The van der Waals surface area contributed by atoms with E-state index in [0.717, 1.165) is 6.42 Å². The number of likely N-dealkylation sites (tertiary alicyclic amines) is 1. The Morgan fingerprint density at radius 2 is 1.94 bits per heavy atom. The summed E-state index contributed by atoms with van der Waals surface area (Å²) < 4.78 is 0. The van der Waals surface area contributed by atoms with Crippen LogP contribution in [0.4, 0.5) is 0 Å². The Kier molecular flexibility index (Phi) is 4.43. The molecule has 3 nitrogen and oxygen atoms in total. The van der Waals surface area contributed by atoms with Crippen LogP contribution >= 0.6 is 0 Å². The van der Waals surface area contributed by atoms with Gasteiger partial charge in [0.2, 0.25) is 5.91 Å². The van der Waals surface area contributed by atoms with Gasteiger partial charge in [0.1, 0.15) is 0 Å². The van der Waals surface area contributed by atoms with Crippen LogP contribution in [0.25, 0.3) is 0 Å². The van der Waals surface area contributed by atoms with Gasteiger partial charge in [0.25, 0.3) is 0 Å². The lowest BCUT2D eigenvalue weighted by Crippen LogP contribution is -2.45. The van der Waals surface area contributed by atoms with E-state index in [4.69, 9.17) is 0 Å². The molecule has 1 aliphatic carbocycles. The summed E-state index contributed by atoms with van der Waals surface area (Å²) in [6, 6.07) is 1.53. The molecular formula is C14H26N2O. The van der Waals surface area contributed by atoms with Gasteiger partial charge in [-0.05, 0) is 39.0 Å². The minimum Gasteiger partial charge on any atom is -0.336 e. The molecule has 0 bridgehead atoms. The molecule has 3 heteroatoms. The first-order valence-corrected chi connectivity index (χ1v) is 7.27. The molecule has 17 heavy (non-hydrogen) atoms. The van der Waals surface area contributed by atoms with Crippen LogP contribution in [0.1, 0.15) is 58.8 Å². The molecule has 0 aromatic carbocycles. The Bertz CT molecular complexity index is 261. The lowest BCUT2D eigenvalue weighted by molar-refractivity contribution is -0.133. The van der Waals surface area contributed by atoms with Crippen LogP contribution in [-0.4, -0.2) is 35.5 Å². The van der Waals surface area contributed by atoms with Crippen LogP contribution in [-0.2, 0) is 4.79 Å². The van der Waals surface area contributed by atoms with Gasteiger partial charge in [-0.3, -0.25) is 4.79 Å². The lowest BCUT2D eigenvalue weighted by atomic mass is 10.1. The predicted octanol–water partition coefficient (Wildman–Crippen LogP) is 2.31. The van der Waals surface area contributed by atoms with Gasteiger partial charge in [-0.15, -0.1) is 0 Å². The van der Waals surface area contributed by atoms with Gasteiger partial charge >= 0.3 is 0 Å². The van der Waals surface area contributed by atoms with E-state index >= 15 is 0 Å². The molecule has 2 aliphatic rings. The summed E-state index contributed by atoms with van der Waals surface area (Å²) in [5.41, 5.74) is 0. The second-order valence-electron chi connectivity index (χ2n) is 5.65. The number of rotatable bonds is 4. The van der Waals surface area contributed by atoms with Crippen molar-refractivity contribution in [3.8, 4) is 0 Å². The van der Waals surface area contributed by atoms with Crippen LogP contribution in [0.3, 0.4) is 0 Å². The van der Waals surface area contributed by atoms with Crippen molar-refractivity contribution in [3.63, 3.8) is 0 Å². The molecule has 1 heterocycles. The van der Waals surface area contributed by atoms with E-state index in [1.807, 2.05) is 0 Å². The monoisotopic (exact) mass is 238 g/mol. The maximum atomic E-state index is 12.2. The third-order valence-electron chi connectivity index (χ3n) is 4.44. The van der Waals surface area contributed by atoms with E-state index < -0.39 is 0 Å². The topological polar surface area (TPSA) is 32.3 Å². The van der Waals surface area contributed by atoms with Gasteiger partial charge in [0.05, 0.1) is 6.54 Å². The van der Waals surface area contributed by atoms with Crippen molar-refractivity contribution in [1.29, 1.82) is 0 Å². The van der Waals surface area contributed by atoms with Crippen molar-refractivity contribution >= 4 is 5.91 Å². The molecule has 1 aliphatic heterocycles. The highest BCUT2D eigenvalue weighted by molar-refractivity contribution is 5.79. The number of hydrogen-bond acceptors (Lipinski definition) is 2. The summed E-state index contributed by atoms with van der Waals surface area (Å²) in [6.45, 7) is 4.92. The Labute approximate surface area is 105 Å². The smallest absolute Gasteiger partial charge is 0.237 e. The van der Waals surface area contributed by atoms with Gasteiger partial charge in [0, 0.05) is 18.1 Å². The first-order valence-electron chi connectivity index (χ1n) is 7.27. The highest BCUT2D eigenvalue weighted by Crippen LogP contribution is 2.26. The summed E-state index contributed by atoms with van der Waals surface area (Å²) >= 11 is 0. The highest BCUT2D eigenvalue weighted by atomic mass is 16.2. The lowest BCUT2D eigenvalue weighted by Gasteiger charge is -2.28. The van der Waals surface area contributed by atoms with Gasteiger partial charge in [-0.1, -0.05) is 19.8 Å². The Hall–Kier alpha value is -0.570. The Morgan fingerprint density at radius 3 is 2.59 bits per heavy atom. The number of nitrogens with zero attached hydrogens (tertiary/aromatic N) is 1. The largest absolute Gasteiger partial charge is 0.336 e. The molecule has 2 fully saturated rings. The SMILES string of the molecule is CCC1CCC(C)N1C(=O)CNC1CCCC1. The normalized spacial score (nSPS) is 30.1. The number of carbonyl (C=O) groups excluding carboxylic acids is 1. The summed E-state index contributed by atoms with van der Waals surface area (Å²) in [7, 11) is 0. The molecule has 2 atom stereocenters. The zero-order valence-electron chi connectivity index (χ0n) is 11.2. The third-order valence-corrected chi connectivity index (χ3v) is 4.44. The molecule has 2 rings (SSSR count). The second-order valence-corrected chi connectivity index (χ2v) is 5.65. The van der Waals surface area contributed by atoms with E-state index in [2.05, 4.69) is 24.1 Å². The maximum Gasteiger partial charge on any atom is 0.237 e. The van der Waals surface area contributed by atoms with Crippen molar-refractivity contribution < 1.29 is 4.79 Å². The van der Waals surface area contributed by atoms with Crippen molar-refractivity contribution in [3.05, 3.63) is 0 Å². The van der Waals surface area contributed by atoms with Crippen molar-refractivity contribution in [2.24, 2.45) is 0 Å². The first-order chi connectivity index (χ1) is 8.22. The summed E-state index contributed by atoms with van der Waals surface area (Å²) in [5.74, 6) is 0.314. The molecule has 1 saturated carbocycles. The standard InChI is InChI=1S/C14H26N2O/c1-3-13-9-8-11(2)16(13)14(17)10-15-12-6-4-5-7-12/h11-13,15H,3-10H2,1-2H3. The minimum absolute atomic E-state index is 0.314. The summed E-state index contributed by atoms with van der Waals surface area (Å²) in [6.07, 6.45) is 8.60. The molecule has 0 aromatic rings. The van der Waals surface area contributed by atoms with Gasteiger partial charge in [-0.25, -0.2) is 0 Å². The molecule has 1 N–H and O–H groups in total. The van der Waals surface area contributed by atoms with E-state index in [-0.39, 0.29) is 0 Å². The quantitative estimate of drug-likeness (QED) is 0.815. The van der Waals surface area contributed by atoms with E-state index in [1.54, 1.807) is 0 Å². The maximum absolute atomic E-state index is 12.2. The van der Waals surface area contributed by atoms with Crippen molar-refractivity contribution in [2.75, 3.05) is 6.54 Å². The van der Waals surface area contributed by atoms with Gasteiger partial charge < -0.3 is 10.2 Å². The van der Waals surface area contributed by atoms with Crippen molar-refractivity contribution in [1.82, 2.24) is 10.2 Å². The molecular weight excluding hydrogens is 212 g/mol. The second kappa shape index (κ2) is 5.85. The number of carbonyl (C=O) groups is 1. The zero-order valence-corrected chi connectivity index (χ0v) is 11.2. The van der Waals surface area contributed by atoms with Crippen LogP contribution in [0.15, 0.2) is 0 Å².